The van der Waals surface area contributed by atoms with E-state index >= 15 is 0 Å². The predicted molar refractivity (Wildman–Crippen MR) is 34.5 cm³/mol. The van der Waals surface area contributed by atoms with Gasteiger partial charge in [-0.15, -0.1) is 0 Å². The number of carboxylic acids is 1. The molecule has 1 aromatic heterocycles. The second kappa shape index (κ2) is 3.14. The van der Waals surface area contributed by atoms with Crippen molar-refractivity contribution in [3.63, 3.8) is 0 Å². The third kappa shape index (κ3) is 2.37. The van der Waals surface area contributed by atoms with Crippen molar-refractivity contribution in [3.8, 4) is 0 Å². The van der Waals surface area contributed by atoms with Gasteiger partial charge in [0.05, 0.1) is 12.6 Å². The Morgan fingerprint density at radius 1 is 1.82 bits per heavy atom. The van der Waals surface area contributed by atoms with E-state index in [1.165, 1.54) is 6.20 Å². The molecule has 5 heteroatoms. The lowest BCUT2D eigenvalue weighted by Gasteiger charge is -1.89. The van der Waals surface area contributed by atoms with Crippen molar-refractivity contribution >= 4 is 5.97 Å². The number of nitrogens with one attached hydrogen (secondary N) is 1. The van der Waals surface area contributed by atoms with Crippen molar-refractivity contribution in [1.82, 2.24) is 9.97 Å². The smallest absolute Gasteiger partial charge is 0.303 e. The van der Waals surface area contributed by atoms with E-state index in [9.17, 15) is 9.18 Å². The van der Waals surface area contributed by atoms with Crippen LogP contribution in [0.15, 0.2) is 6.20 Å². The number of hydrogen-bond acceptors (Lipinski definition) is 2. The van der Waals surface area contributed by atoms with E-state index in [1.54, 1.807) is 0 Å². The van der Waals surface area contributed by atoms with Gasteiger partial charge >= 0.3 is 5.97 Å². The molecule has 0 aliphatic carbocycles. The fraction of sp³-hybridized carbons (Fsp3) is 0.333. The van der Waals surface area contributed by atoms with Gasteiger partial charge in [0.2, 0.25) is 0 Å². The van der Waals surface area contributed by atoms with Crippen LogP contribution in [0, 0.1) is 6.08 Å². The first-order chi connectivity index (χ1) is 5.18. The largest absolute Gasteiger partial charge is 0.481 e. The fourth-order valence-corrected chi connectivity index (χ4v) is 0.700. The van der Waals surface area contributed by atoms with Crippen molar-refractivity contribution in [2.24, 2.45) is 0 Å². The van der Waals surface area contributed by atoms with Crippen LogP contribution in [0.3, 0.4) is 0 Å². The standard InChI is InChI=1S/C6H7FN2O2/c7-6-8-3-4(9-6)1-2-5(10)11/h3H,1-2H2,(H,8,9)(H,10,11). The monoisotopic (exact) mass is 158 g/mol. The number of aliphatic carboxylic acids is 1. The summed E-state index contributed by atoms with van der Waals surface area (Å²) in [5.74, 6) is -0.903. The highest BCUT2D eigenvalue weighted by molar-refractivity contribution is 5.66. The molecule has 2 N–H and O–H groups in total. The Morgan fingerprint density at radius 2 is 2.55 bits per heavy atom. The first-order valence-electron chi connectivity index (χ1n) is 3.09. The molecule has 0 saturated carbocycles. The maximum Gasteiger partial charge on any atom is 0.303 e. The average Bonchev–Trinajstić information content (AvgIpc) is 2.31. The zero-order valence-electron chi connectivity index (χ0n) is 5.67. The molecule has 4 nitrogen and oxygen atoms in total. The van der Waals surface area contributed by atoms with Gasteiger partial charge in [0.15, 0.2) is 0 Å². The number of carboxylic acid groups (broad SMARTS) is 1. The number of H-pyrrole nitrogens is 1. The van der Waals surface area contributed by atoms with Gasteiger partial charge in [0, 0.05) is 5.69 Å². The van der Waals surface area contributed by atoms with Crippen LogP contribution in [0.1, 0.15) is 12.1 Å². The zero-order valence-corrected chi connectivity index (χ0v) is 5.67. The van der Waals surface area contributed by atoms with Gasteiger partial charge in [-0.25, -0.2) is 4.98 Å². The summed E-state index contributed by atoms with van der Waals surface area (Å²) in [7, 11) is 0. The van der Waals surface area contributed by atoms with Gasteiger partial charge in [-0.1, -0.05) is 0 Å². The quantitative estimate of drug-likeness (QED) is 0.675. The minimum absolute atomic E-state index is 0.0123. The SMILES string of the molecule is O=C(O)CCc1cnc(F)[nH]1. The molecule has 0 atom stereocenters. The maximum atomic E-state index is 12.1. The van der Waals surface area contributed by atoms with Crippen molar-refractivity contribution in [2.45, 2.75) is 12.8 Å². The topological polar surface area (TPSA) is 66.0 Å². The molecule has 1 rings (SSSR count). The van der Waals surface area contributed by atoms with Crippen LogP contribution in [-0.4, -0.2) is 21.0 Å². The van der Waals surface area contributed by atoms with E-state index in [0.717, 1.165) is 0 Å². The van der Waals surface area contributed by atoms with E-state index in [1.807, 2.05) is 0 Å². The van der Waals surface area contributed by atoms with Gasteiger partial charge in [-0.2, -0.15) is 4.39 Å². The van der Waals surface area contributed by atoms with Crippen LogP contribution in [-0.2, 0) is 11.2 Å². The normalized spacial score (nSPS) is 9.91. The van der Waals surface area contributed by atoms with Crippen LogP contribution in [0.2, 0.25) is 0 Å². The first kappa shape index (κ1) is 7.71. The Labute approximate surface area is 62.1 Å². The fourth-order valence-electron chi connectivity index (χ4n) is 0.700. The Bertz CT molecular complexity index is 259. The number of aryl methyl sites for hydroxylation is 1. The molecule has 0 aromatic carbocycles. The summed E-state index contributed by atoms with van der Waals surface area (Å²) in [6.45, 7) is 0. The second-order valence-corrected chi connectivity index (χ2v) is 2.09. The molecule has 0 unspecified atom stereocenters. The van der Waals surface area contributed by atoms with E-state index in [4.69, 9.17) is 5.11 Å². The number of imidazole rings is 1. The van der Waals surface area contributed by atoms with Gasteiger partial charge in [-0.3, -0.25) is 4.79 Å². The Hall–Kier alpha value is -1.39. The molecule has 0 saturated heterocycles. The molecule has 1 heterocycles. The molecular weight excluding hydrogens is 151 g/mol. The number of aromatic nitrogens is 2. The van der Waals surface area contributed by atoms with Gasteiger partial charge < -0.3 is 10.1 Å². The minimum atomic E-state index is -0.903. The van der Waals surface area contributed by atoms with Crippen LogP contribution in [0.4, 0.5) is 4.39 Å². The molecule has 11 heavy (non-hydrogen) atoms. The highest BCUT2D eigenvalue weighted by atomic mass is 19.1. The summed E-state index contributed by atoms with van der Waals surface area (Å²) in [6.07, 6.45) is 0.886. The minimum Gasteiger partial charge on any atom is -0.481 e. The van der Waals surface area contributed by atoms with Gasteiger partial charge in [0.25, 0.3) is 6.08 Å². The molecule has 0 fully saturated rings. The van der Waals surface area contributed by atoms with Crippen LogP contribution in [0.25, 0.3) is 0 Å². The first-order valence-corrected chi connectivity index (χ1v) is 3.09. The molecule has 0 aliphatic heterocycles. The summed E-state index contributed by atoms with van der Waals surface area (Å²) >= 11 is 0. The second-order valence-electron chi connectivity index (χ2n) is 2.09. The van der Waals surface area contributed by atoms with Crippen molar-refractivity contribution in [1.29, 1.82) is 0 Å². The molecule has 0 radical (unpaired) electrons. The number of carbonyl (C=O) groups is 1. The van der Waals surface area contributed by atoms with Gasteiger partial charge in [-0.05, 0) is 6.42 Å². The highest BCUT2D eigenvalue weighted by Crippen LogP contribution is 1.98. The lowest BCUT2D eigenvalue weighted by atomic mass is 10.2. The zero-order chi connectivity index (χ0) is 8.27. The van der Waals surface area contributed by atoms with Crippen LogP contribution >= 0.6 is 0 Å². The van der Waals surface area contributed by atoms with Crippen molar-refractivity contribution in [3.05, 3.63) is 18.0 Å². The summed E-state index contributed by atoms with van der Waals surface area (Å²) in [4.78, 5) is 15.6. The van der Waals surface area contributed by atoms with Gasteiger partial charge in [0.1, 0.15) is 0 Å². The molecular formula is C6H7FN2O2. The molecule has 0 bridgehead atoms. The van der Waals surface area contributed by atoms with E-state index in [-0.39, 0.29) is 12.8 Å². The third-order valence-corrected chi connectivity index (χ3v) is 1.21. The Kier molecular flexibility index (Phi) is 2.20. The number of hydrogen-bond donors (Lipinski definition) is 2. The van der Waals surface area contributed by atoms with Crippen LogP contribution in [0.5, 0.6) is 0 Å². The predicted octanol–water partition coefficient (Wildman–Crippen LogP) is 0.566. The summed E-state index contributed by atoms with van der Waals surface area (Å²) in [5, 5.41) is 8.25. The highest BCUT2D eigenvalue weighted by Gasteiger charge is 2.01. The van der Waals surface area contributed by atoms with Crippen LogP contribution < -0.4 is 0 Å². The lowest BCUT2D eigenvalue weighted by molar-refractivity contribution is -0.136. The van der Waals surface area contributed by atoms with E-state index < -0.39 is 12.0 Å². The number of aromatic amines is 1. The number of rotatable bonds is 3. The average molecular weight is 158 g/mol. The summed E-state index contributed by atoms with van der Waals surface area (Å²) in [5.41, 5.74) is 0.505. The summed E-state index contributed by atoms with van der Waals surface area (Å²) in [6, 6.07) is 0. The Morgan fingerprint density at radius 3 is 3.00 bits per heavy atom. The molecule has 0 spiro atoms. The molecule has 0 amide bonds. The van der Waals surface area contributed by atoms with Crippen molar-refractivity contribution in [2.75, 3.05) is 0 Å². The Balaban J connectivity index is 2.45. The number of nitrogens with zero attached hydrogens (tertiary/aromatic N) is 1. The molecule has 1 aromatic rings. The number of halogens is 1. The molecule has 60 valence electrons. The molecule has 0 aliphatic rings. The van der Waals surface area contributed by atoms with Crippen molar-refractivity contribution < 1.29 is 14.3 Å². The maximum absolute atomic E-state index is 12.1. The lowest BCUT2D eigenvalue weighted by Crippen LogP contribution is -1.97. The van der Waals surface area contributed by atoms with E-state index in [2.05, 4.69) is 9.97 Å². The summed E-state index contributed by atoms with van der Waals surface area (Å²) < 4.78 is 12.1. The van der Waals surface area contributed by atoms with E-state index in [0.29, 0.717) is 5.69 Å². The third-order valence-electron chi connectivity index (χ3n) is 1.21.